The second-order valence-electron chi connectivity index (χ2n) is 16.9. The molecule has 0 aromatic carbocycles. The lowest BCUT2D eigenvalue weighted by Gasteiger charge is -2.52. The fourth-order valence-electron chi connectivity index (χ4n) is 4.05. The van der Waals surface area contributed by atoms with Crippen LogP contribution < -0.4 is 30.2 Å². The highest BCUT2D eigenvalue weighted by Crippen LogP contribution is 2.75. The lowest BCUT2D eigenvalue weighted by molar-refractivity contribution is -0.521. The summed E-state index contributed by atoms with van der Waals surface area (Å²) in [5.74, 6) is 0. The second kappa shape index (κ2) is 12.9. The van der Waals surface area contributed by atoms with Gasteiger partial charge in [0.15, 0.2) is 20.6 Å². The van der Waals surface area contributed by atoms with Crippen LogP contribution in [0.15, 0.2) is 9.03 Å². The predicted octanol–water partition coefficient (Wildman–Crippen LogP) is 6.35. The maximum absolute atomic E-state index is 8.25. The topological polar surface area (TPSA) is 168 Å². The quantitative estimate of drug-likeness (QED) is 0.113. The Bertz CT molecular complexity index is 977. The number of nitrogens with one attached hydrogen (secondary N) is 6. The first-order valence-corrected chi connectivity index (χ1v) is 19.1. The lowest BCUT2D eigenvalue weighted by Crippen LogP contribution is -2.80. The third kappa shape index (κ3) is 15.8. The molecule has 0 unspecified atom stereocenters. The summed E-state index contributed by atoms with van der Waals surface area (Å²) in [6, 6.07) is 0. The first kappa shape index (κ1) is 40.6. The largest absolute Gasteiger partial charge is 0.402 e. The van der Waals surface area contributed by atoms with Crippen LogP contribution in [0.3, 0.4) is 0 Å². The molecule has 246 valence electrons. The summed E-state index contributed by atoms with van der Waals surface area (Å²) >= 11 is 0. The standard InChI is InChI=1S/C25H62N9P3.NO3/c1-20(2,3)26-35(27-21(4,5)6)32-36(28-22(7,8)9,29-23(10,11)12)34(19)37(33-35,30-24(13,14)15)31-25(16,17)18;2-1(3)4/h28-31H,1-19H3,(H,26,27);/q;-1/p+1. The van der Waals surface area contributed by atoms with Crippen molar-refractivity contribution in [1.82, 2.24) is 29.9 Å². The van der Waals surface area contributed by atoms with Gasteiger partial charge in [0.2, 0.25) is 0 Å². The Hall–Kier alpha value is -0.350. The van der Waals surface area contributed by atoms with Gasteiger partial charge in [-0.15, -0.1) is 9.03 Å². The van der Waals surface area contributed by atoms with E-state index < -0.39 is 27.6 Å². The Balaban J connectivity index is 0.00000373. The highest BCUT2D eigenvalue weighted by atomic mass is 31.3. The fraction of sp³-hybridized carbons (Fsp3) is 1.00. The van der Waals surface area contributed by atoms with E-state index in [4.69, 9.17) is 24.4 Å². The second-order valence-corrected chi connectivity index (χ2v) is 24.8. The zero-order valence-electron chi connectivity index (χ0n) is 29.4. The Kier molecular flexibility index (Phi) is 12.8. The minimum absolute atomic E-state index is 0.195. The summed E-state index contributed by atoms with van der Waals surface area (Å²) in [5.41, 5.74) is -1.21. The third-order valence-electron chi connectivity index (χ3n) is 4.30. The molecule has 13 nitrogen and oxygen atoms in total. The van der Waals surface area contributed by atoms with Gasteiger partial charge in [-0.05, 0) is 125 Å². The first-order valence-electron chi connectivity index (χ1n) is 14.0. The van der Waals surface area contributed by atoms with Gasteiger partial charge >= 0.3 is 7.51 Å². The van der Waals surface area contributed by atoms with Crippen LogP contribution >= 0.6 is 22.5 Å². The van der Waals surface area contributed by atoms with E-state index in [-0.39, 0.29) is 33.2 Å². The minimum atomic E-state index is -2.70. The Morgan fingerprint density at radius 3 is 0.951 bits per heavy atom. The average Bonchev–Trinajstić information content (AvgIpc) is 2.48. The molecule has 1 heterocycles. The van der Waals surface area contributed by atoms with Crippen molar-refractivity contribution in [2.75, 3.05) is 7.05 Å². The Morgan fingerprint density at radius 2 is 0.780 bits per heavy atom. The molecule has 6 N–H and O–H groups in total. The molecule has 1 rings (SSSR count). The van der Waals surface area contributed by atoms with E-state index in [2.05, 4.69) is 166 Å². The van der Waals surface area contributed by atoms with Gasteiger partial charge in [0, 0.05) is 34.7 Å². The van der Waals surface area contributed by atoms with Crippen molar-refractivity contribution >= 4 is 22.5 Å². The minimum Gasteiger partial charge on any atom is -0.356 e. The summed E-state index contributed by atoms with van der Waals surface area (Å²) in [4.78, 5) is 8.25. The normalized spacial score (nSPS) is 19.8. The molecule has 41 heavy (non-hydrogen) atoms. The molecular formula is C25H63N10O3P3. The van der Waals surface area contributed by atoms with Gasteiger partial charge < -0.3 is 15.3 Å². The van der Waals surface area contributed by atoms with Crippen LogP contribution in [0.1, 0.15) is 125 Å². The van der Waals surface area contributed by atoms with Crippen molar-refractivity contribution in [2.45, 2.75) is 158 Å². The molecule has 0 amide bonds. The Labute approximate surface area is 251 Å². The molecule has 1 aliphatic heterocycles. The van der Waals surface area contributed by atoms with E-state index in [9.17, 15) is 0 Å². The SMILES string of the molecule is CN1P(NC(C)(C)C)(NC(C)(C)C)=NP(NC(C)(C)C)(=[NH+]C(C)(C)C)N=P1(NC(C)(C)C)NC(C)(C)C.O=[N+]([O-])[O-]. The molecular weight excluding hydrogens is 581 g/mol. The summed E-state index contributed by atoms with van der Waals surface area (Å²) in [6.07, 6.45) is 0. The van der Waals surface area contributed by atoms with Crippen molar-refractivity contribution in [3.8, 4) is 0 Å². The van der Waals surface area contributed by atoms with Gasteiger partial charge in [0.1, 0.15) is 0 Å². The molecule has 0 aliphatic carbocycles. The van der Waals surface area contributed by atoms with Crippen molar-refractivity contribution in [1.29, 1.82) is 0 Å². The monoisotopic (exact) mass is 644 g/mol. The number of rotatable bonds is 5. The van der Waals surface area contributed by atoms with Crippen LogP contribution in [-0.2, 0) is 0 Å². The van der Waals surface area contributed by atoms with Gasteiger partial charge in [-0.2, -0.15) is 4.44 Å². The van der Waals surface area contributed by atoms with Crippen molar-refractivity contribution in [3.63, 3.8) is 0 Å². The predicted molar refractivity (Wildman–Crippen MR) is 179 cm³/mol. The van der Waals surface area contributed by atoms with Crippen LogP contribution in [0.5, 0.6) is 0 Å². The van der Waals surface area contributed by atoms with E-state index in [1.165, 1.54) is 0 Å². The number of nitrogens with zero attached hydrogens (tertiary/aromatic N) is 4. The van der Waals surface area contributed by atoms with Gasteiger partial charge in [0.05, 0.1) is 5.09 Å². The molecule has 0 radical (unpaired) electrons. The van der Waals surface area contributed by atoms with Gasteiger partial charge in [0.25, 0.3) is 0 Å². The van der Waals surface area contributed by atoms with Crippen LogP contribution in [0.2, 0.25) is 0 Å². The van der Waals surface area contributed by atoms with Crippen LogP contribution in [-0.4, -0.2) is 49.8 Å². The molecule has 0 atom stereocenters. The maximum Gasteiger partial charge on any atom is 0.402 e. The van der Waals surface area contributed by atoms with Gasteiger partial charge in [-0.25, -0.2) is 9.83 Å². The highest BCUT2D eigenvalue weighted by molar-refractivity contribution is 7.84. The molecule has 1 aliphatic rings. The first-order chi connectivity index (χ1) is 17.5. The van der Waals surface area contributed by atoms with Gasteiger partial charge in [-0.1, -0.05) is 0 Å². The van der Waals surface area contributed by atoms with Crippen molar-refractivity contribution in [3.05, 3.63) is 15.3 Å². The van der Waals surface area contributed by atoms with E-state index in [0.29, 0.717) is 0 Å². The molecule has 16 heteroatoms. The van der Waals surface area contributed by atoms with E-state index in [1.807, 2.05) is 0 Å². The highest BCUT2D eigenvalue weighted by Gasteiger charge is 2.52. The molecule has 0 saturated carbocycles. The molecule has 0 saturated heterocycles. The van der Waals surface area contributed by atoms with E-state index in [0.717, 1.165) is 0 Å². The third-order valence-corrected chi connectivity index (χ3v) is 17.6. The molecule has 0 aromatic heterocycles. The zero-order chi connectivity index (χ0) is 33.3. The van der Waals surface area contributed by atoms with Gasteiger partial charge in [-0.3, -0.25) is 20.3 Å². The molecule has 0 bridgehead atoms. The smallest absolute Gasteiger partial charge is 0.356 e. The van der Waals surface area contributed by atoms with Crippen LogP contribution in [0, 0.1) is 15.3 Å². The zero-order valence-corrected chi connectivity index (χ0v) is 32.0. The molecule has 0 aromatic rings. The summed E-state index contributed by atoms with van der Waals surface area (Å²) in [5, 5.41) is 34.8. The van der Waals surface area contributed by atoms with E-state index >= 15 is 0 Å². The fourth-order valence-corrected chi connectivity index (χ4v) is 18.9. The Morgan fingerprint density at radius 1 is 0.561 bits per heavy atom. The summed E-state index contributed by atoms with van der Waals surface area (Å²) in [6.45, 7) is 39.8. The molecule has 0 spiro atoms. The lowest BCUT2D eigenvalue weighted by atomic mass is 10.1. The van der Waals surface area contributed by atoms with Crippen LogP contribution in [0.25, 0.3) is 0 Å². The summed E-state index contributed by atoms with van der Waals surface area (Å²) in [7, 11) is -5.71. The van der Waals surface area contributed by atoms with Crippen molar-refractivity contribution < 1.29 is 9.83 Å². The van der Waals surface area contributed by atoms with Crippen molar-refractivity contribution in [2.24, 2.45) is 9.03 Å². The number of hydrogen-bond donors (Lipinski definition) is 6. The van der Waals surface area contributed by atoms with Crippen LogP contribution in [0.4, 0.5) is 0 Å². The maximum atomic E-state index is 8.25. The summed E-state index contributed by atoms with van der Waals surface area (Å²) < 4.78 is 18.0. The molecule has 0 fully saturated rings. The van der Waals surface area contributed by atoms with E-state index in [1.54, 1.807) is 0 Å². The average molecular weight is 645 g/mol. The number of hydrogen-bond acceptors (Lipinski definition) is 8.